The summed E-state index contributed by atoms with van der Waals surface area (Å²) in [6.07, 6.45) is 4.09. The van der Waals surface area contributed by atoms with Crippen molar-refractivity contribution in [3.8, 4) is 22.6 Å². The maximum absolute atomic E-state index is 13.6. The van der Waals surface area contributed by atoms with E-state index in [1.54, 1.807) is 35.4 Å². The summed E-state index contributed by atoms with van der Waals surface area (Å²) in [4.78, 5) is 14.6. The van der Waals surface area contributed by atoms with Crippen molar-refractivity contribution in [2.75, 3.05) is 18.6 Å². The fourth-order valence-corrected chi connectivity index (χ4v) is 3.81. The SMILES string of the molecule is COc1cc(CC2CCN(c3ccc(-c4cn[nH]c4)c(OC(F)F)c3)C2=O)ccc1F. The summed E-state index contributed by atoms with van der Waals surface area (Å²) in [7, 11) is 1.39. The number of carbonyl (C=O) groups is 1. The van der Waals surface area contributed by atoms with Crippen molar-refractivity contribution >= 4 is 11.6 Å². The van der Waals surface area contributed by atoms with Gasteiger partial charge in [0.15, 0.2) is 11.6 Å². The minimum atomic E-state index is -3.00. The summed E-state index contributed by atoms with van der Waals surface area (Å²) in [6, 6.07) is 9.29. The van der Waals surface area contributed by atoms with E-state index < -0.39 is 12.4 Å². The number of alkyl halides is 2. The highest BCUT2D eigenvalue weighted by molar-refractivity contribution is 5.98. The minimum absolute atomic E-state index is 0.0339. The Labute approximate surface area is 176 Å². The third-order valence-corrected chi connectivity index (χ3v) is 5.32. The Kier molecular flexibility index (Phi) is 5.83. The van der Waals surface area contributed by atoms with Gasteiger partial charge >= 0.3 is 6.61 Å². The van der Waals surface area contributed by atoms with Crippen LogP contribution in [0.3, 0.4) is 0 Å². The summed E-state index contributed by atoms with van der Waals surface area (Å²) in [5, 5.41) is 6.47. The molecule has 0 bridgehead atoms. The van der Waals surface area contributed by atoms with Crippen molar-refractivity contribution in [1.82, 2.24) is 10.2 Å². The van der Waals surface area contributed by atoms with E-state index in [0.717, 1.165) is 5.56 Å². The Hall–Kier alpha value is -3.49. The molecule has 1 N–H and O–H groups in total. The molecule has 31 heavy (non-hydrogen) atoms. The fourth-order valence-electron chi connectivity index (χ4n) is 3.81. The Morgan fingerprint density at radius 1 is 1.23 bits per heavy atom. The van der Waals surface area contributed by atoms with E-state index in [4.69, 9.17) is 9.47 Å². The summed E-state index contributed by atoms with van der Waals surface area (Å²) >= 11 is 0. The molecule has 2 aromatic carbocycles. The van der Waals surface area contributed by atoms with Crippen LogP contribution >= 0.6 is 0 Å². The molecular weight excluding hydrogens is 411 g/mol. The summed E-state index contributed by atoms with van der Waals surface area (Å²) < 4.78 is 49.3. The van der Waals surface area contributed by atoms with E-state index in [0.29, 0.717) is 36.2 Å². The Morgan fingerprint density at radius 3 is 2.77 bits per heavy atom. The second-order valence-corrected chi connectivity index (χ2v) is 7.19. The van der Waals surface area contributed by atoms with Gasteiger partial charge in [0, 0.05) is 41.5 Å². The highest BCUT2D eigenvalue weighted by Gasteiger charge is 2.33. The number of benzene rings is 2. The van der Waals surface area contributed by atoms with Gasteiger partial charge in [-0.05, 0) is 42.7 Å². The van der Waals surface area contributed by atoms with E-state index in [1.165, 1.54) is 25.4 Å². The molecule has 4 rings (SSSR count). The molecule has 1 fully saturated rings. The zero-order chi connectivity index (χ0) is 22.0. The van der Waals surface area contributed by atoms with Crippen molar-refractivity contribution in [2.24, 2.45) is 5.92 Å². The number of ether oxygens (including phenoxy) is 2. The van der Waals surface area contributed by atoms with Crippen LogP contribution in [0.2, 0.25) is 0 Å². The van der Waals surface area contributed by atoms with Crippen molar-refractivity contribution in [1.29, 1.82) is 0 Å². The molecule has 0 saturated carbocycles. The fraction of sp³-hybridized carbons (Fsp3) is 0.273. The molecule has 1 aliphatic heterocycles. The summed E-state index contributed by atoms with van der Waals surface area (Å²) in [6.45, 7) is -2.56. The quantitative estimate of drug-likeness (QED) is 0.601. The van der Waals surface area contributed by atoms with E-state index in [9.17, 15) is 18.0 Å². The first-order valence-corrected chi connectivity index (χ1v) is 9.68. The van der Waals surface area contributed by atoms with Gasteiger partial charge in [0.05, 0.1) is 13.3 Å². The number of halogens is 3. The average molecular weight is 431 g/mol. The van der Waals surface area contributed by atoms with Gasteiger partial charge in [-0.15, -0.1) is 0 Å². The second-order valence-electron chi connectivity index (χ2n) is 7.19. The van der Waals surface area contributed by atoms with Crippen LogP contribution in [0.4, 0.5) is 18.9 Å². The molecule has 1 atom stereocenters. The first-order valence-electron chi connectivity index (χ1n) is 9.68. The monoisotopic (exact) mass is 431 g/mol. The number of nitrogens with zero attached hydrogens (tertiary/aromatic N) is 2. The van der Waals surface area contributed by atoms with Gasteiger partial charge in [-0.3, -0.25) is 9.89 Å². The molecule has 1 aliphatic rings. The number of H-pyrrole nitrogens is 1. The molecule has 6 nitrogen and oxygen atoms in total. The number of aromatic amines is 1. The Morgan fingerprint density at radius 2 is 2.06 bits per heavy atom. The first-order chi connectivity index (χ1) is 15.0. The maximum Gasteiger partial charge on any atom is 0.387 e. The zero-order valence-electron chi connectivity index (χ0n) is 16.6. The van der Waals surface area contributed by atoms with Crippen LogP contribution in [0.1, 0.15) is 12.0 Å². The predicted molar refractivity (Wildman–Crippen MR) is 108 cm³/mol. The normalized spacial score (nSPS) is 16.2. The smallest absolute Gasteiger partial charge is 0.387 e. The largest absolute Gasteiger partial charge is 0.494 e. The Balaban J connectivity index is 1.55. The number of hydrogen-bond donors (Lipinski definition) is 1. The number of methoxy groups -OCH3 is 1. The Bertz CT molecular complexity index is 1070. The molecule has 1 unspecified atom stereocenters. The number of nitrogens with one attached hydrogen (secondary N) is 1. The lowest BCUT2D eigenvalue weighted by atomic mass is 9.98. The van der Waals surface area contributed by atoms with E-state index in [1.807, 2.05) is 0 Å². The minimum Gasteiger partial charge on any atom is -0.494 e. The third kappa shape index (κ3) is 4.35. The van der Waals surface area contributed by atoms with Gasteiger partial charge in [-0.2, -0.15) is 13.9 Å². The molecule has 0 aliphatic carbocycles. The first kappa shape index (κ1) is 20.8. The van der Waals surface area contributed by atoms with Crippen LogP contribution in [-0.4, -0.2) is 36.4 Å². The lowest BCUT2D eigenvalue weighted by Crippen LogP contribution is -2.27. The number of amides is 1. The van der Waals surface area contributed by atoms with Crippen molar-refractivity contribution in [3.63, 3.8) is 0 Å². The molecule has 0 spiro atoms. The van der Waals surface area contributed by atoms with Crippen LogP contribution in [0, 0.1) is 11.7 Å². The molecule has 1 aromatic heterocycles. The van der Waals surface area contributed by atoms with Gasteiger partial charge in [-0.25, -0.2) is 4.39 Å². The molecular formula is C22H20F3N3O3. The zero-order valence-corrected chi connectivity index (χ0v) is 16.6. The van der Waals surface area contributed by atoms with Gasteiger partial charge < -0.3 is 14.4 Å². The predicted octanol–water partition coefficient (Wildman–Crippen LogP) is 4.42. The van der Waals surface area contributed by atoms with Crippen molar-refractivity contribution in [2.45, 2.75) is 19.5 Å². The topological polar surface area (TPSA) is 67.4 Å². The van der Waals surface area contributed by atoms with E-state index >= 15 is 0 Å². The van der Waals surface area contributed by atoms with Crippen LogP contribution in [0.25, 0.3) is 11.1 Å². The van der Waals surface area contributed by atoms with Crippen LogP contribution in [-0.2, 0) is 11.2 Å². The highest BCUT2D eigenvalue weighted by atomic mass is 19.3. The van der Waals surface area contributed by atoms with Gasteiger partial charge in [0.2, 0.25) is 5.91 Å². The molecule has 1 amide bonds. The number of hydrogen-bond acceptors (Lipinski definition) is 4. The standard InChI is InChI=1S/C22H20F3N3O3/c1-30-20-9-13(2-5-18(20)23)8-14-6-7-28(21(14)29)16-3-4-17(15-11-26-27-12-15)19(10-16)31-22(24)25/h2-5,9-12,14,22H,6-8H2,1H3,(H,26,27). The summed E-state index contributed by atoms with van der Waals surface area (Å²) in [5.41, 5.74) is 2.31. The van der Waals surface area contributed by atoms with Crippen molar-refractivity contribution in [3.05, 3.63) is 60.2 Å². The molecule has 0 radical (unpaired) electrons. The third-order valence-electron chi connectivity index (χ3n) is 5.32. The average Bonchev–Trinajstić information content (AvgIpc) is 3.40. The maximum atomic E-state index is 13.6. The lowest BCUT2D eigenvalue weighted by Gasteiger charge is -2.19. The molecule has 3 aromatic rings. The number of anilines is 1. The highest BCUT2D eigenvalue weighted by Crippen LogP contribution is 2.37. The summed E-state index contributed by atoms with van der Waals surface area (Å²) in [5.74, 6) is -0.794. The van der Waals surface area contributed by atoms with Crippen molar-refractivity contribution < 1.29 is 27.4 Å². The van der Waals surface area contributed by atoms with Crippen LogP contribution < -0.4 is 14.4 Å². The van der Waals surface area contributed by atoms with Gasteiger partial charge in [-0.1, -0.05) is 6.07 Å². The lowest BCUT2D eigenvalue weighted by molar-refractivity contribution is -0.120. The van der Waals surface area contributed by atoms with E-state index in [2.05, 4.69) is 10.2 Å². The van der Waals surface area contributed by atoms with Gasteiger partial charge in [0.1, 0.15) is 5.75 Å². The van der Waals surface area contributed by atoms with Gasteiger partial charge in [0.25, 0.3) is 0 Å². The van der Waals surface area contributed by atoms with Crippen LogP contribution in [0.15, 0.2) is 48.8 Å². The number of carbonyl (C=O) groups excluding carboxylic acids is 1. The van der Waals surface area contributed by atoms with Crippen LogP contribution in [0.5, 0.6) is 11.5 Å². The second kappa shape index (κ2) is 8.71. The number of aromatic nitrogens is 2. The molecule has 2 heterocycles. The molecule has 1 saturated heterocycles. The number of rotatable bonds is 7. The molecule has 162 valence electrons. The molecule has 9 heteroatoms. The van der Waals surface area contributed by atoms with E-state index in [-0.39, 0.29) is 23.3 Å².